The Bertz CT molecular complexity index is 870. The maximum atomic E-state index is 12.5. The van der Waals surface area contributed by atoms with E-state index < -0.39 is 10.0 Å². The molecule has 2 N–H and O–H groups in total. The van der Waals surface area contributed by atoms with Crippen LogP contribution in [0.3, 0.4) is 0 Å². The standard InChI is InChI=1S/C20H25N3O2S/c1-15-10-11-23-14-19(21-20(23)12-15)16-6-5-7-17(13-16)22-26(24,25)18-8-3-2-4-9-18/h2-9,13,15,19-22H,10-12,14H2,1H3. The molecule has 0 bridgehead atoms. The van der Waals surface area contributed by atoms with E-state index in [2.05, 4.69) is 27.9 Å². The first kappa shape index (κ1) is 17.5. The van der Waals surface area contributed by atoms with E-state index >= 15 is 0 Å². The van der Waals surface area contributed by atoms with Crippen LogP contribution in [0, 0.1) is 5.92 Å². The van der Waals surface area contributed by atoms with E-state index in [1.165, 1.54) is 12.8 Å². The van der Waals surface area contributed by atoms with Crippen LogP contribution in [0.5, 0.6) is 0 Å². The summed E-state index contributed by atoms with van der Waals surface area (Å²) in [6.45, 7) is 4.42. The summed E-state index contributed by atoms with van der Waals surface area (Å²) in [5, 5.41) is 3.71. The smallest absolute Gasteiger partial charge is 0.261 e. The third-order valence-electron chi connectivity index (χ3n) is 5.38. The van der Waals surface area contributed by atoms with Gasteiger partial charge in [0.25, 0.3) is 10.0 Å². The van der Waals surface area contributed by atoms with Gasteiger partial charge in [-0.3, -0.25) is 14.9 Å². The Hall–Kier alpha value is -1.89. The van der Waals surface area contributed by atoms with Crippen LogP contribution in [-0.4, -0.2) is 32.6 Å². The third kappa shape index (κ3) is 3.63. The highest BCUT2D eigenvalue weighted by Gasteiger charge is 2.35. The minimum absolute atomic E-state index is 0.242. The van der Waals surface area contributed by atoms with Crippen molar-refractivity contribution in [3.8, 4) is 0 Å². The molecule has 2 aromatic rings. The maximum Gasteiger partial charge on any atom is 0.261 e. The Labute approximate surface area is 155 Å². The Morgan fingerprint density at radius 2 is 1.92 bits per heavy atom. The number of hydrogen-bond donors (Lipinski definition) is 2. The van der Waals surface area contributed by atoms with Gasteiger partial charge in [0.2, 0.25) is 0 Å². The van der Waals surface area contributed by atoms with Gasteiger partial charge in [-0.1, -0.05) is 37.3 Å². The van der Waals surface area contributed by atoms with E-state index in [1.807, 2.05) is 12.1 Å². The molecule has 0 spiro atoms. The lowest BCUT2D eigenvalue weighted by Crippen LogP contribution is -2.42. The van der Waals surface area contributed by atoms with Crippen molar-refractivity contribution in [3.05, 3.63) is 60.2 Å². The minimum atomic E-state index is -3.56. The average molecular weight is 372 g/mol. The van der Waals surface area contributed by atoms with E-state index in [0.29, 0.717) is 11.9 Å². The fourth-order valence-electron chi connectivity index (χ4n) is 3.94. The van der Waals surface area contributed by atoms with Gasteiger partial charge in [-0.2, -0.15) is 0 Å². The molecular weight excluding hydrogens is 346 g/mol. The van der Waals surface area contributed by atoms with Gasteiger partial charge in [-0.25, -0.2) is 8.42 Å². The zero-order valence-electron chi connectivity index (χ0n) is 14.9. The summed E-state index contributed by atoms with van der Waals surface area (Å²) in [6, 6.07) is 16.4. The molecule has 0 amide bonds. The van der Waals surface area contributed by atoms with E-state index in [0.717, 1.165) is 24.6 Å². The second kappa shape index (κ2) is 7.02. The van der Waals surface area contributed by atoms with Crippen LogP contribution in [0.4, 0.5) is 5.69 Å². The number of piperidine rings is 1. The second-order valence-corrected chi connectivity index (χ2v) is 9.09. The first-order valence-corrected chi connectivity index (χ1v) is 10.7. The van der Waals surface area contributed by atoms with Crippen molar-refractivity contribution < 1.29 is 8.42 Å². The molecule has 2 aromatic carbocycles. The lowest BCUT2D eigenvalue weighted by Gasteiger charge is -2.32. The Morgan fingerprint density at radius 3 is 2.73 bits per heavy atom. The SMILES string of the molecule is CC1CCN2CC(c3cccc(NS(=O)(=O)c4ccccc4)c3)NC2C1. The molecule has 138 valence electrons. The van der Waals surface area contributed by atoms with Crippen LogP contribution in [0.1, 0.15) is 31.4 Å². The van der Waals surface area contributed by atoms with Crippen molar-refractivity contribution in [2.75, 3.05) is 17.8 Å². The molecule has 2 fully saturated rings. The van der Waals surface area contributed by atoms with Gasteiger partial charge < -0.3 is 0 Å². The lowest BCUT2D eigenvalue weighted by atomic mass is 9.97. The van der Waals surface area contributed by atoms with Crippen LogP contribution >= 0.6 is 0 Å². The molecule has 2 heterocycles. The van der Waals surface area contributed by atoms with E-state index in [-0.39, 0.29) is 10.9 Å². The summed E-state index contributed by atoms with van der Waals surface area (Å²) >= 11 is 0. The highest BCUT2D eigenvalue weighted by Crippen LogP contribution is 2.31. The van der Waals surface area contributed by atoms with Crippen LogP contribution in [0.25, 0.3) is 0 Å². The number of nitrogens with zero attached hydrogens (tertiary/aromatic N) is 1. The number of fused-ring (bicyclic) bond motifs is 1. The summed E-state index contributed by atoms with van der Waals surface area (Å²) in [4.78, 5) is 2.78. The van der Waals surface area contributed by atoms with Gasteiger partial charge in [0, 0.05) is 18.3 Å². The Morgan fingerprint density at radius 1 is 1.12 bits per heavy atom. The summed E-state index contributed by atoms with van der Waals surface area (Å²) in [6.07, 6.45) is 2.87. The number of benzene rings is 2. The molecule has 0 aromatic heterocycles. The minimum Gasteiger partial charge on any atom is -0.294 e. The fourth-order valence-corrected chi connectivity index (χ4v) is 5.01. The van der Waals surface area contributed by atoms with Crippen LogP contribution in [0.2, 0.25) is 0 Å². The van der Waals surface area contributed by atoms with Crippen molar-refractivity contribution in [1.82, 2.24) is 10.2 Å². The Balaban J connectivity index is 1.51. The van der Waals surface area contributed by atoms with Crippen molar-refractivity contribution in [3.63, 3.8) is 0 Å². The third-order valence-corrected chi connectivity index (χ3v) is 6.78. The van der Waals surface area contributed by atoms with Gasteiger partial charge in [0.15, 0.2) is 0 Å². The number of rotatable bonds is 4. The van der Waals surface area contributed by atoms with Crippen molar-refractivity contribution in [2.45, 2.75) is 36.9 Å². The second-order valence-electron chi connectivity index (χ2n) is 7.40. The molecule has 6 heteroatoms. The topological polar surface area (TPSA) is 61.4 Å². The average Bonchev–Trinajstić information content (AvgIpc) is 3.05. The monoisotopic (exact) mass is 371 g/mol. The summed E-state index contributed by atoms with van der Waals surface area (Å²) in [5.41, 5.74) is 1.73. The molecular formula is C20H25N3O2S. The van der Waals surface area contributed by atoms with Gasteiger partial charge in [0.1, 0.15) is 0 Å². The van der Waals surface area contributed by atoms with Crippen molar-refractivity contribution >= 4 is 15.7 Å². The molecule has 5 nitrogen and oxygen atoms in total. The van der Waals surface area contributed by atoms with E-state index in [4.69, 9.17) is 0 Å². The molecule has 26 heavy (non-hydrogen) atoms. The molecule has 0 aliphatic carbocycles. The largest absolute Gasteiger partial charge is 0.294 e. The van der Waals surface area contributed by atoms with Crippen molar-refractivity contribution in [1.29, 1.82) is 0 Å². The number of anilines is 1. The summed E-state index contributed by atoms with van der Waals surface area (Å²) < 4.78 is 27.8. The molecule has 2 aliphatic rings. The maximum absolute atomic E-state index is 12.5. The number of hydrogen-bond acceptors (Lipinski definition) is 4. The molecule has 2 saturated heterocycles. The molecule has 3 unspecified atom stereocenters. The predicted octanol–water partition coefficient (Wildman–Crippen LogP) is 3.19. The Kier molecular flexibility index (Phi) is 4.73. The fraction of sp³-hybridized carbons (Fsp3) is 0.400. The van der Waals surface area contributed by atoms with Gasteiger partial charge in [-0.05, 0) is 55.1 Å². The van der Waals surface area contributed by atoms with Crippen LogP contribution in [0.15, 0.2) is 59.5 Å². The van der Waals surface area contributed by atoms with E-state index in [9.17, 15) is 8.42 Å². The molecule has 4 rings (SSSR count). The van der Waals surface area contributed by atoms with Gasteiger partial charge in [-0.15, -0.1) is 0 Å². The molecule has 0 radical (unpaired) electrons. The van der Waals surface area contributed by atoms with Crippen LogP contribution in [-0.2, 0) is 10.0 Å². The molecule has 0 saturated carbocycles. The number of sulfonamides is 1. The highest BCUT2D eigenvalue weighted by molar-refractivity contribution is 7.92. The lowest BCUT2D eigenvalue weighted by molar-refractivity contribution is 0.149. The quantitative estimate of drug-likeness (QED) is 0.866. The number of nitrogens with one attached hydrogen (secondary N) is 2. The highest BCUT2D eigenvalue weighted by atomic mass is 32.2. The predicted molar refractivity (Wildman–Crippen MR) is 103 cm³/mol. The molecule has 2 aliphatic heterocycles. The zero-order valence-corrected chi connectivity index (χ0v) is 15.7. The van der Waals surface area contributed by atoms with Crippen LogP contribution < -0.4 is 10.0 Å². The normalized spacial score (nSPS) is 26.4. The first-order chi connectivity index (χ1) is 12.5. The van der Waals surface area contributed by atoms with E-state index in [1.54, 1.807) is 36.4 Å². The zero-order chi connectivity index (χ0) is 18.1. The summed E-state index contributed by atoms with van der Waals surface area (Å²) in [7, 11) is -3.56. The van der Waals surface area contributed by atoms with Gasteiger partial charge in [0.05, 0.1) is 11.1 Å². The first-order valence-electron chi connectivity index (χ1n) is 9.19. The van der Waals surface area contributed by atoms with Crippen molar-refractivity contribution in [2.24, 2.45) is 5.92 Å². The van der Waals surface area contributed by atoms with Gasteiger partial charge >= 0.3 is 0 Å². The summed E-state index contributed by atoms with van der Waals surface area (Å²) in [5.74, 6) is 0.756. The molecule has 3 atom stereocenters.